The summed E-state index contributed by atoms with van der Waals surface area (Å²) in [5, 5.41) is 4.03. The van der Waals surface area contributed by atoms with E-state index in [1.807, 2.05) is 50.8 Å². The number of aryl methyl sites for hydroxylation is 4. The number of rotatable bonds is 3. The van der Waals surface area contributed by atoms with Gasteiger partial charge in [0.2, 0.25) is 0 Å². The second kappa shape index (κ2) is 7.14. The Hall–Kier alpha value is -3.09. The van der Waals surface area contributed by atoms with Crippen molar-refractivity contribution in [2.75, 3.05) is 6.54 Å². The molecule has 0 aliphatic carbocycles. The Morgan fingerprint density at radius 1 is 1.18 bits per heavy atom. The number of pyridine rings is 1. The Balaban J connectivity index is 1.70. The molecule has 1 saturated heterocycles. The number of aromatic nitrogens is 4. The zero-order chi connectivity index (χ0) is 19.8. The molecule has 28 heavy (non-hydrogen) atoms. The van der Waals surface area contributed by atoms with Gasteiger partial charge in [-0.1, -0.05) is 5.16 Å². The van der Waals surface area contributed by atoms with Crippen LogP contribution in [0.4, 0.5) is 0 Å². The van der Waals surface area contributed by atoms with Crippen LogP contribution in [0.15, 0.2) is 28.9 Å². The molecule has 1 fully saturated rings. The van der Waals surface area contributed by atoms with Crippen LogP contribution in [0.3, 0.4) is 0 Å². The van der Waals surface area contributed by atoms with Gasteiger partial charge in [0.1, 0.15) is 11.6 Å². The molecule has 0 radical (unpaired) electrons. The highest BCUT2D eigenvalue weighted by molar-refractivity contribution is 5.94. The summed E-state index contributed by atoms with van der Waals surface area (Å²) in [6, 6.07) is 5.58. The van der Waals surface area contributed by atoms with Gasteiger partial charge in [-0.3, -0.25) is 9.78 Å². The van der Waals surface area contributed by atoms with Crippen molar-refractivity contribution in [1.29, 1.82) is 0 Å². The van der Waals surface area contributed by atoms with Gasteiger partial charge in [0.25, 0.3) is 5.91 Å². The highest BCUT2D eigenvalue weighted by Crippen LogP contribution is 2.34. The maximum absolute atomic E-state index is 13.1. The van der Waals surface area contributed by atoms with Crippen molar-refractivity contribution in [1.82, 2.24) is 25.0 Å². The van der Waals surface area contributed by atoms with E-state index in [0.717, 1.165) is 46.9 Å². The fraction of sp³-hybridized carbons (Fsp3) is 0.381. The van der Waals surface area contributed by atoms with Gasteiger partial charge in [0, 0.05) is 18.4 Å². The molecule has 4 heterocycles. The Morgan fingerprint density at radius 2 is 2.00 bits per heavy atom. The number of amides is 1. The standard InChI is InChI=1S/C21H23N5O2/c1-12-7-8-16(11-22-12)21(27)26-9-5-6-19(26)17-10-18(24-15(4)23-17)20-13(2)25-28-14(20)3/h7-8,10-11,19H,5-6,9H2,1-4H3/t19-/m0/s1. The lowest BCUT2D eigenvalue weighted by Gasteiger charge is -2.25. The molecule has 7 nitrogen and oxygen atoms in total. The Labute approximate surface area is 163 Å². The summed E-state index contributed by atoms with van der Waals surface area (Å²) in [7, 11) is 0. The molecule has 0 unspecified atom stereocenters. The van der Waals surface area contributed by atoms with E-state index in [2.05, 4.69) is 20.1 Å². The molecule has 1 atom stereocenters. The Kier molecular flexibility index (Phi) is 4.66. The smallest absolute Gasteiger partial charge is 0.255 e. The van der Waals surface area contributed by atoms with E-state index in [1.165, 1.54) is 0 Å². The molecule has 1 aliphatic heterocycles. The highest BCUT2D eigenvalue weighted by Gasteiger charge is 2.32. The quantitative estimate of drug-likeness (QED) is 0.691. The zero-order valence-corrected chi connectivity index (χ0v) is 16.6. The normalized spacial score (nSPS) is 16.6. The minimum atomic E-state index is -0.0743. The first-order chi connectivity index (χ1) is 13.4. The lowest BCUT2D eigenvalue weighted by atomic mass is 10.1. The minimum absolute atomic E-state index is 0.00912. The average Bonchev–Trinajstić information content (AvgIpc) is 3.28. The zero-order valence-electron chi connectivity index (χ0n) is 16.6. The molecule has 3 aromatic heterocycles. The van der Waals surface area contributed by atoms with Gasteiger partial charge in [-0.25, -0.2) is 9.97 Å². The lowest BCUT2D eigenvalue weighted by Crippen LogP contribution is -2.31. The number of hydrogen-bond donors (Lipinski definition) is 0. The van der Waals surface area contributed by atoms with Gasteiger partial charge in [-0.05, 0) is 58.7 Å². The van der Waals surface area contributed by atoms with Crippen molar-refractivity contribution >= 4 is 5.91 Å². The molecule has 4 rings (SSSR count). The fourth-order valence-corrected chi connectivity index (χ4v) is 3.82. The van der Waals surface area contributed by atoms with Crippen molar-refractivity contribution in [3.63, 3.8) is 0 Å². The number of carbonyl (C=O) groups excluding carboxylic acids is 1. The topological polar surface area (TPSA) is 85.0 Å². The first-order valence-electron chi connectivity index (χ1n) is 9.46. The van der Waals surface area contributed by atoms with Crippen LogP contribution in [0, 0.1) is 27.7 Å². The molecular weight excluding hydrogens is 354 g/mol. The van der Waals surface area contributed by atoms with E-state index in [1.54, 1.807) is 6.20 Å². The molecule has 0 spiro atoms. The van der Waals surface area contributed by atoms with Gasteiger partial charge < -0.3 is 9.42 Å². The van der Waals surface area contributed by atoms with Gasteiger partial charge in [0.05, 0.1) is 34.3 Å². The van der Waals surface area contributed by atoms with Crippen LogP contribution in [-0.4, -0.2) is 37.5 Å². The van der Waals surface area contributed by atoms with E-state index in [-0.39, 0.29) is 11.9 Å². The summed E-state index contributed by atoms with van der Waals surface area (Å²) in [4.78, 5) is 28.5. The molecule has 7 heteroatoms. The third-order valence-corrected chi connectivity index (χ3v) is 5.16. The molecule has 1 amide bonds. The highest BCUT2D eigenvalue weighted by atomic mass is 16.5. The third-order valence-electron chi connectivity index (χ3n) is 5.16. The van der Waals surface area contributed by atoms with Crippen molar-refractivity contribution in [2.45, 2.75) is 46.6 Å². The maximum atomic E-state index is 13.1. The lowest BCUT2D eigenvalue weighted by molar-refractivity contribution is 0.0732. The summed E-state index contributed by atoms with van der Waals surface area (Å²) in [6.07, 6.45) is 3.47. The van der Waals surface area contributed by atoms with Crippen LogP contribution in [0.5, 0.6) is 0 Å². The summed E-state index contributed by atoms with van der Waals surface area (Å²) < 4.78 is 5.30. The number of carbonyl (C=O) groups is 1. The minimum Gasteiger partial charge on any atom is -0.361 e. The SMILES string of the molecule is Cc1ccc(C(=O)N2CCC[C@H]2c2cc(-c3c(C)noc3C)nc(C)n2)cn1. The van der Waals surface area contributed by atoms with Gasteiger partial charge >= 0.3 is 0 Å². The van der Waals surface area contributed by atoms with Crippen LogP contribution in [0.1, 0.15) is 57.9 Å². The second-order valence-corrected chi connectivity index (χ2v) is 7.27. The van der Waals surface area contributed by atoms with Crippen molar-refractivity contribution in [3.05, 3.63) is 58.6 Å². The second-order valence-electron chi connectivity index (χ2n) is 7.27. The molecule has 0 bridgehead atoms. The predicted octanol–water partition coefficient (Wildman–Crippen LogP) is 3.74. The Morgan fingerprint density at radius 3 is 2.68 bits per heavy atom. The number of likely N-dealkylation sites (tertiary alicyclic amines) is 1. The van der Waals surface area contributed by atoms with Crippen molar-refractivity contribution < 1.29 is 9.32 Å². The fourth-order valence-electron chi connectivity index (χ4n) is 3.82. The number of hydrogen-bond acceptors (Lipinski definition) is 6. The molecular formula is C21H23N5O2. The predicted molar refractivity (Wildman–Crippen MR) is 104 cm³/mol. The van der Waals surface area contributed by atoms with E-state index < -0.39 is 0 Å². The summed E-state index contributed by atoms with van der Waals surface area (Å²) in [6.45, 7) is 8.27. The summed E-state index contributed by atoms with van der Waals surface area (Å²) in [5.41, 5.74) is 4.83. The van der Waals surface area contributed by atoms with Crippen LogP contribution in [-0.2, 0) is 0 Å². The average molecular weight is 377 g/mol. The molecule has 0 saturated carbocycles. The molecule has 144 valence electrons. The molecule has 0 N–H and O–H groups in total. The van der Waals surface area contributed by atoms with Crippen molar-refractivity contribution in [2.24, 2.45) is 0 Å². The maximum Gasteiger partial charge on any atom is 0.255 e. The van der Waals surface area contributed by atoms with Gasteiger partial charge in [-0.2, -0.15) is 0 Å². The summed E-state index contributed by atoms with van der Waals surface area (Å²) >= 11 is 0. The van der Waals surface area contributed by atoms with Crippen LogP contribution in [0.25, 0.3) is 11.3 Å². The van der Waals surface area contributed by atoms with Crippen molar-refractivity contribution in [3.8, 4) is 11.3 Å². The van der Waals surface area contributed by atoms with Crippen LogP contribution < -0.4 is 0 Å². The van der Waals surface area contributed by atoms with Gasteiger partial charge in [0.15, 0.2) is 0 Å². The summed E-state index contributed by atoms with van der Waals surface area (Å²) in [5.74, 6) is 1.39. The first kappa shape index (κ1) is 18.3. The molecule has 3 aromatic rings. The van der Waals surface area contributed by atoms with E-state index >= 15 is 0 Å². The molecule has 1 aliphatic rings. The number of nitrogens with zero attached hydrogens (tertiary/aromatic N) is 5. The van der Waals surface area contributed by atoms with E-state index in [0.29, 0.717) is 17.9 Å². The van der Waals surface area contributed by atoms with E-state index in [4.69, 9.17) is 4.52 Å². The first-order valence-corrected chi connectivity index (χ1v) is 9.46. The van der Waals surface area contributed by atoms with Crippen LogP contribution >= 0.6 is 0 Å². The largest absolute Gasteiger partial charge is 0.361 e. The van der Waals surface area contributed by atoms with E-state index in [9.17, 15) is 4.79 Å². The van der Waals surface area contributed by atoms with Gasteiger partial charge in [-0.15, -0.1) is 0 Å². The van der Waals surface area contributed by atoms with Crippen LogP contribution in [0.2, 0.25) is 0 Å². The Bertz CT molecular complexity index is 1010. The molecule has 0 aromatic carbocycles. The third kappa shape index (κ3) is 3.28. The monoisotopic (exact) mass is 377 g/mol.